The molecule has 1 aliphatic carbocycles. The van der Waals surface area contributed by atoms with Gasteiger partial charge in [-0.25, -0.2) is 0 Å². The number of allylic oxidation sites excluding steroid dienone is 7. The summed E-state index contributed by atoms with van der Waals surface area (Å²) in [5, 5.41) is 0. The Balaban J connectivity index is 2.85. The van der Waals surface area contributed by atoms with Crippen molar-refractivity contribution in [1.29, 1.82) is 0 Å². The molecule has 0 aromatic rings. The van der Waals surface area contributed by atoms with E-state index in [1.165, 1.54) is 0 Å². The lowest BCUT2D eigenvalue weighted by molar-refractivity contribution is 0.505. The van der Waals surface area contributed by atoms with Crippen molar-refractivity contribution in [3.05, 3.63) is 61.8 Å². The largest absolute Gasteiger partial charge is 0.103 e. The van der Waals surface area contributed by atoms with Crippen molar-refractivity contribution in [3.8, 4) is 0 Å². The summed E-state index contributed by atoms with van der Waals surface area (Å²) in [7, 11) is 0. The van der Waals surface area contributed by atoms with Crippen LogP contribution >= 0.6 is 0 Å². The Labute approximate surface area is 80.7 Å². The number of hydrogen-bond donors (Lipinski definition) is 0. The quantitative estimate of drug-likeness (QED) is 0.566. The molecule has 0 heteroatoms. The molecule has 13 heavy (non-hydrogen) atoms. The van der Waals surface area contributed by atoms with Crippen LogP contribution in [0.1, 0.15) is 12.8 Å². The van der Waals surface area contributed by atoms with Gasteiger partial charge < -0.3 is 0 Å². The molecule has 0 saturated carbocycles. The van der Waals surface area contributed by atoms with Crippen LogP contribution in [0.5, 0.6) is 0 Å². The van der Waals surface area contributed by atoms with Crippen LogP contribution in [0.2, 0.25) is 0 Å². The van der Waals surface area contributed by atoms with Crippen LogP contribution in [0.25, 0.3) is 0 Å². The van der Waals surface area contributed by atoms with Gasteiger partial charge in [0.1, 0.15) is 0 Å². The second-order valence-electron chi connectivity index (χ2n) is 3.46. The van der Waals surface area contributed by atoms with E-state index in [2.05, 4.69) is 44.0 Å². The molecule has 0 radical (unpaired) electrons. The lowest BCUT2D eigenvalue weighted by atomic mass is 9.77. The highest BCUT2D eigenvalue weighted by molar-refractivity contribution is 5.37. The molecule has 0 heterocycles. The van der Waals surface area contributed by atoms with Gasteiger partial charge in [0.15, 0.2) is 0 Å². The molecule has 0 spiro atoms. The highest BCUT2D eigenvalue weighted by Crippen LogP contribution is 2.34. The van der Waals surface area contributed by atoms with E-state index >= 15 is 0 Å². The Bertz CT molecular complexity index is 248. The van der Waals surface area contributed by atoms with Gasteiger partial charge in [-0.3, -0.25) is 0 Å². The summed E-state index contributed by atoms with van der Waals surface area (Å²) in [6.45, 7) is 11.4. The van der Waals surface area contributed by atoms with E-state index in [1.54, 1.807) is 0 Å². The smallest absolute Gasteiger partial charge is 0.0136 e. The van der Waals surface area contributed by atoms with Gasteiger partial charge in [-0.1, -0.05) is 43.0 Å². The Morgan fingerprint density at radius 2 is 1.54 bits per heavy atom. The van der Waals surface area contributed by atoms with E-state index in [0.717, 1.165) is 18.4 Å². The zero-order chi connectivity index (χ0) is 9.73. The lowest BCUT2D eigenvalue weighted by Crippen LogP contribution is -2.14. The highest BCUT2D eigenvalue weighted by atomic mass is 14.3. The predicted molar refractivity (Wildman–Crippen MR) is 59.5 cm³/mol. The van der Waals surface area contributed by atoms with Gasteiger partial charge in [-0.2, -0.15) is 0 Å². The molecule has 0 nitrogen and oxygen atoms in total. The monoisotopic (exact) mass is 172 g/mol. The summed E-state index contributed by atoms with van der Waals surface area (Å²) in [6.07, 6.45) is 14.3. The van der Waals surface area contributed by atoms with Crippen molar-refractivity contribution >= 4 is 0 Å². The molecule has 0 atom stereocenters. The molecule has 1 rings (SSSR count). The first-order valence-corrected chi connectivity index (χ1v) is 4.52. The molecule has 0 fully saturated rings. The van der Waals surface area contributed by atoms with Gasteiger partial charge in [0, 0.05) is 5.41 Å². The second-order valence-corrected chi connectivity index (χ2v) is 3.46. The first-order valence-electron chi connectivity index (χ1n) is 4.52. The molecule has 0 unspecified atom stereocenters. The third-order valence-electron chi connectivity index (χ3n) is 2.31. The Morgan fingerprint density at radius 3 is 1.92 bits per heavy atom. The lowest BCUT2D eigenvalue weighted by Gasteiger charge is -2.27. The molecule has 0 amide bonds. The topological polar surface area (TPSA) is 0 Å². The predicted octanol–water partition coefficient (Wildman–Crippen LogP) is 3.81. The Kier molecular flexibility index (Phi) is 3.07. The minimum atomic E-state index is 0.102. The van der Waals surface area contributed by atoms with Crippen LogP contribution in [-0.4, -0.2) is 0 Å². The van der Waals surface area contributed by atoms with Crippen LogP contribution in [0, 0.1) is 5.41 Å². The van der Waals surface area contributed by atoms with Gasteiger partial charge >= 0.3 is 0 Å². The molecule has 1 aliphatic rings. The summed E-state index contributed by atoms with van der Waals surface area (Å²) >= 11 is 0. The molecule has 0 aromatic heterocycles. The van der Waals surface area contributed by atoms with E-state index in [9.17, 15) is 0 Å². The summed E-state index contributed by atoms with van der Waals surface area (Å²) in [5.41, 5.74) is 1.16. The molecule has 0 aliphatic heterocycles. The minimum absolute atomic E-state index is 0.102. The van der Waals surface area contributed by atoms with Crippen molar-refractivity contribution < 1.29 is 0 Å². The zero-order valence-corrected chi connectivity index (χ0v) is 8.00. The van der Waals surface area contributed by atoms with Gasteiger partial charge in [-0.15, -0.1) is 13.2 Å². The summed E-state index contributed by atoms with van der Waals surface area (Å²) in [6, 6.07) is 0. The number of hydrogen-bond acceptors (Lipinski definition) is 0. The fourth-order valence-corrected chi connectivity index (χ4v) is 1.55. The molecule has 68 valence electrons. The molecule has 0 bridgehead atoms. The van der Waals surface area contributed by atoms with Gasteiger partial charge in [0.05, 0.1) is 0 Å². The van der Waals surface area contributed by atoms with Gasteiger partial charge in [0.2, 0.25) is 0 Å². The second kappa shape index (κ2) is 4.08. The zero-order valence-electron chi connectivity index (χ0n) is 8.00. The molecular formula is C13H16. The highest BCUT2D eigenvalue weighted by Gasteiger charge is 2.22. The van der Waals surface area contributed by atoms with Crippen LogP contribution in [0.3, 0.4) is 0 Å². The average molecular weight is 172 g/mol. The van der Waals surface area contributed by atoms with Crippen molar-refractivity contribution in [2.24, 2.45) is 5.41 Å². The standard InChI is InChI=1S/C13H16/c1-4-8-13(9-5-2)10-6-12(3)7-11-13/h4-7,10-11H,1-3,8-9H2. The first kappa shape index (κ1) is 9.79. The fourth-order valence-electron chi connectivity index (χ4n) is 1.55. The van der Waals surface area contributed by atoms with Gasteiger partial charge in [-0.05, 0) is 18.4 Å². The van der Waals surface area contributed by atoms with E-state index in [1.807, 2.05) is 12.2 Å². The maximum atomic E-state index is 3.87. The van der Waals surface area contributed by atoms with Crippen LogP contribution < -0.4 is 0 Å². The van der Waals surface area contributed by atoms with Crippen LogP contribution in [0.4, 0.5) is 0 Å². The van der Waals surface area contributed by atoms with E-state index in [4.69, 9.17) is 0 Å². The fraction of sp³-hybridized carbons (Fsp3) is 0.231. The van der Waals surface area contributed by atoms with Crippen molar-refractivity contribution in [1.82, 2.24) is 0 Å². The van der Waals surface area contributed by atoms with E-state index in [-0.39, 0.29) is 5.41 Å². The normalized spacial score (nSPS) is 18.6. The average Bonchev–Trinajstić information content (AvgIpc) is 2.11. The van der Waals surface area contributed by atoms with Crippen molar-refractivity contribution in [3.63, 3.8) is 0 Å². The summed E-state index contributed by atoms with van der Waals surface area (Å²) < 4.78 is 0. The van der Waals surface area contributed by atoms with Crippen LogP contribution in [0.15, 0.2) is 61.8 Å². The minimum Gasteiger partial charge on any atom is -0.103 e. The maximum absolute atomic E-state index is 3.87. The first-order chi connectivity index (χ1) is 6.22. The van der Waals surface area contributed by atoms with Crippen molar-refractivity contribution in [2.75, 3.05) is 0 Å². The SMILES string of the molecule is C=CCC1(CC=C)C=CC(=C)C=C1. The molecule has 0 N–H and O–H groups in total. The van der Waals surface area contributed by atoms with Crippen LogP contribution in [-0.2, 0) is 0 Å². The number of rotatable bonds is 4. The summed E-state index contributed by atoms with van der Waals surface area (Å²) in [5.74, 6) is 0. The van der Waals surface area contributed by atoms with E-state index < -0.39 is 0 Å². The third kappa shape index (κ3) is 2.32. The Hall–Kier alpha value is -1.30. The van der Waals surface area contributed by atoms with Crippen molar-refractivity contribution in [2.45, 2.75) is 12.8 Å². The van der Waals surface area contributed by atoms with Gasteiger partial charge in [0.25, 0.3) is 0 Å². The molecular weight excluding hydrogens is 156 g/mol. The molecule has 0 saturated heterocycles. The molecule has 0 aromatic carbocycles. The van der Waals surface area contributed by atoms with E-state index in [0.29, 0.717) is 0 Å². The maximum Gasteiger partial charge on any atom is 0.0136 e. The third-order valence-corrected chi connectivity index (χ3v) is 2.31. The Morgan fingerprint density at radius 1 is 1.08 bits per heavy atom. The summed E-state index contributed by atoms with van der Waals surface area (Å²) in [4.78, 5) is 0.